The molecular formula is C12H13BrN2OS. The van der Waals surface area contributed by atoms with Gasteiger partial charge in [0.05, 0.1) is 15.1 Å². The molecule has 0 atom stereocenters. The third kappa shape index (κ3) is 2.66. The van der Waals surface area contributed by atoms with Crippen molar-refractivity contribution < 1.29 is 4.79 Å². The monoisotopic (exact) mass is 312 g/mol. The number of halogens is 1. The molecule has 0 bridgehead atoms. The summed E-state index contributed by atoms with van der Waals surface area (Å²) in [5, 5.41) is 0. The van der Waals surface area contributed by atoms with E-state index in [9.17, 15) is 4.79 Å². The van der Waals surface area contributed by atoms with Crippen LogP contribution in [0, 0.1) is 6.92 Å². The molecule has 0 aliphatic rings. The predicted octanol–water partition coefficient (Wildman–Crippen LogP) is 3.46. The molecule has 2 aromatic heterocycles. The van der Waals surface area contributed by atoms with Gasteiger partial charge in [0.2, 0.25) is 0 Å². The van der Waals surface area contributed by atoms with Gasteiger partial charge in [-0.25, -0.2) is 4.98 Å². The molecule has 90 valence electrons. The van der Waals surface area contributed by atoms with Crippen molar-refractivity contribution in [1.29, 1.82) is 0 Å². The Morgan fingerprint density at radius 3 is 2.94 bits per heavy atom. The number of carbonyl (C=O) groups excluding carboxylic acids is 1. The van der Waals surface area contributed by atoms with Crippen LogP contribution < -0.4 is 0 Å². The minimum absolute atomic E-state index is 0.129. The summed E-state index contributed by atoms with van der Waals surface area (Å²) < 4.78 is 3.02. The van der Waals surface area contributed by atoms with Crippen LogP contribution in [0.25, 0.3) is 0 Å². The molecular weight excluding hydrogens is 300 g/mol. The summed E-state index contributed by atoms with van der Waals surface area (Å²) in [4.78, 5) is 17.1. The van der Waals surface area contributed by atoms with Crippen LogP contribution in [0.1, 0.15) is 28.0 Å². The van der Waals surface area contributed by atoms with Crippen molar-refractivity contribution in [2.45, 2.75) is 26.8 Å². The zero-order chi connectivity index (χ0) is 12.4. The summed E-state index contributed by atoms with van der Waals surface area (Å²) in [6.07, 6.45) is 4.01. The molecule has 0 N–H and O–H groups in total. The Labute approximate surface area is 113 Å². The smallest absolute Gasteiger partial charge is 0.180 e. The fourth-order valence-electron chi connectivity index (χ4n) is 1.62. The summed E-state index contributed by atoms with van der Waals surface area (Å²) in [5.41, 5.74) is 1.11. The van der Waals surface area contributed by atoms with Gasteiger partial charge in [0.25, 0.3) is 0 Å². The lowest BCUT2D eigenvalue weighted by Gasteiger charge is -2.02. The summed E-state index contributed by atoms with van der Waals surface area (Å²) >= 11 is 4.92. The minimum atomic E-state index is 0.129. The fourth-order valence-corrected chi connectivity index (χ4v) is 3.10. The van der Waals surface area contributed by atoms with Gasteiger partial charge in [-0.3, -0.25) is 4.79 Å². The largest absolute Gasteiger partial charge is 0.335 e. The Morgan fingerprint density at radius 2 is 2.35 bits per heavy atom. The van der Waals surface area contributed by atoms with Gasteiger partial charge in [0, 0.05) is 18.9 Å². The topological polar surface area (TPSA) is 34.9 Å². The van der Waals surface area contributed by atoms with Crippen molar-refractivity contribution in [3.05, 3.63) is 38.5 Å². The molecule has 17 heavy (non-hydrogen) atoms. The van der Waals surface area contributed by atoms with Crippen LogP contribution in [-0.4, -0.2) is 15.3 Å². The maximum Gasteiger partial charge on any atom is 0.180 e. The molecule has 0 spiro atoms. The molecule has 0 unspecified atom stereocenters. The molecule has 5 heteroatoms. The third-order valence-electron chi connectivity index (χ3n) is 2.59. The quantitative estimate of drug-likeness (QED) is 0.810. The van der Waals surface area contributed by atoms with Gasteiger partial charge >= 0.3 is 0 Å². The van der Waals surface area contributed by atoms with Crippen LogP contribution in [0.5, 0.6) is 0 Å². The molecule has 0 aliphatic heterocycles. The van der Waals surface area contributed by atoms with Gasteiger partial charge in [-0.1, -0.05) is 0 Å². The number of ketones is 1. The van der Waals surface area contributed by atoms with E-state index in [2.05, 4.69) is 20.9 Å². The number of Topliss-reactive ketones (excluding diaryl/α,β-unsaturated/α-hetero) is 1. The van der Waals surface area contributed by atoms with Crippen LogP contribution in [0.3, 0.4) is 0 Å². The number of carbonyl (C=O) groups is 1. The van der Waals surface area contributed by atoms with Crippen LogP contribution in [0.15, 0.2) is 22.2 Å². The second-order valence-electron chi connectivity index (χ2n) is 3.80. The maximum absolute atomic E-state index is 12.1. The number of imidazole rings is 1. The maximum atomic E-state index is 12.1. The fraction of sp³-hybridized carbons (Fsp3) is 0.333. The van der Waals surface area contributed by atoms with Crippen molar-refractivity contribution in [3.8, 4) is 0 Å². The standard InChI is InChI=1S/C12H13BrN2OS/c1-3-15-5-4-14-11(15)7-9(16)10-6-8(2)12(13)17-10/h4-6H,3,7H2,1-2H3. The molecule has 0 aromatic carbocycles. The zero-order valence-electron chi connectivity index (χ0n) is 9.74. The molecule has 2 rings (SSSR count). The third-order valence-corrected chi connectivity index (χ3v) is 4.77. The first-order chi connectivity index (χ1) is 8.11. The van der Waals surface area contributed by atoms with Crippen LogP contribution in [-0.2, 0) is 13.0 Å². The molecule has 0 fully saturated rings. The first kappa shape index (κ1) is 12.5. The van der Waals surface area contributed by atoms with Gasteiger partial charge in [0.1, 0.15) is 5.82 Å². The highest BCUT2D eigenvalue weighted by Gasteiger charge is 2.14. The molecule has 0 saturated carbocycles. The summed E-state index contributed by atoms with van der Waals surface area (Å²) in [7, 11) is 0. The lowest BCUT2D eigenvalue weighted by Crippen LogP contribution is -2.08. The Morgan fingerprint density at radius 1 is 1.59 bits per heavy atom. The summed E-state index contributed by atoms with van der Waals surface area (Å²) in [6.45, 7) is 4.88. The lowest BCUT2D eigenvalue weighted by molar-refractivity contribution is 0.0993. The highest BCUT2D eigenvalue weighted by molar-refractivity contribution is 9.11. The SMILES string of the molecule is CCn1ccnc1CC(=O)c1cc(C)c(Br)s1. The Balaban J connectivity index is 2.17. The molecule has 0 aliphatic carbocycles. The van der Waals surface area contributed by atoms with Gasteiger partial charge in [-0.15, -0.1) is 11.3 Å². The van der Waals surface area contributed by atoms with E-state index in [4.69, 9.17) is 0 Å². The second-order valence-corrected chi connectivity index (χ2v) is 6.17. The highest BCUT2D eigenvalue weighted by atomic mass is 79.9. The van der Waals surface area contributed by atoms with E-state index in [-0.39, 0.29) is 5.78 Å². The summed E-state index contributed by atoms with van der Waals surface area (Å²) in [6, 6.07) is 1.93. The van der Waals surface area contributed by atoms with E-state index < -0.39 is 0 Å². The van der Waals surface area contributed by atoms with E-state index in [1.165, 1.54) is 11.3 Å². The van der Waals surface area contributed by atoms with Crippen LogP contribution in [0.4, 0.5) is 0 Å². The van der Waals surface area contributed by atoms with Crippen molar-refractivity contribution in [1.82, 2.24) is 9.55 Å². The first-order valence-electron chi connectivity index (χ1n) is 5.41. The highest BCUT2D eigenvalue weighted by Crippen LogP contribution is 2.28. The van der Waals surface area contributed by atoms with Crippen molar-refractivity contribution >= 4 is 33.0 Å². The first-order valence-corrected chi connectivity index (χ1v) is 7.02. The van der Waals surface area contributed by atoms with E-state index in [0.717, 1.165) is 26.6 Å². The normalized spacial score (nSPS) is 10.8. The number of rotatable bonds is 4. The molecule has 2 aromatic rings. The number of hydrogen-bond acceptors (Lipinski definition) is 3. The number of aryl methyl sites for hydroxylation is 2. The molecule has 3 nitrogen and oxygen atoms in total. The Bertz CT molecular complexity index is 525. The lowest BCUT2D eigenvalue weighted by atomic mass is 10.2. The molecule has 2 heterocycles. The summed E-state index contributed by atoms with van der Waals surface area (Å²) in [5.74, 6) is 0.962. The van der Waals surface area contributed by atoms with Crippen LogP contribution in [0.2, 0.25) is 0 Å². The van der Waals surface area contributed by atoms with E-state index in [1.807, 2.05) is 30.7 Å². The number of nitrogens with zero attached hydrogens (tertiary/aromatic N) is 2. The average Bonchev–Trinajstić information content (AvgIpc) is 2.86. The molecule has 0 saturated heterocycles. The van der Waals surface area contributed by atoms with Gasteiger partial charge in [-0.2, -0.15) is 0 Å². The van der Waals surface area contributed by atoms with Crippen molar-refractivity contribution in [2.75, 3.05) is 0 Å². The Kier molecular flexibility index (Phi) is 3.79. The predicted molar refractivity (Wildman–Crippen MR) is 72.7 cm³/mol. The second kappa shape index (κ2) is 5.14. The number of hydrogen-bond donors (Lipinski definition) is 0. The van der Waals surface area contributed by atoms with E-state index >= 15 is 0 Å². The zero-order valence-corrected chi connectivity index (χ0v) is 12.1. The van der Waals surface area contributed by atoms with E-state index in [1.54, 1.807) is 6.20 Å². The average molecular weight is 313 g/mol. The van der Waals surface area contributed by atoms with E-state index in [0.29, 0.717) is 6.42 Å². The van der Waals surface area contributed by atoms with Gasteiger partial charge in [-0.05, 0) is 41.4 Å². The Hall–Kier alpha value is -0.940. The van der Waals surface area contributed by atoms with Crippen molar-refractivity contribution in [3.63, 3.8) is 0 Å². The molecule has 0 radical (unpaired) electrons. The number of thiophene rings is 1. The number of aromatic nitrogens is 2. The molecule has 0 amide bonds. The van der Waals surface area contributed by atoms with Crippen molar-refractivity contribution in [2.24, 2.45) is 0 Å². The van der Waals surface area contributed by atoms with Gasteiger partial charge in [0.15, 0.2) is 5.78 Å². The minimum Gasteiger partial charge on any atom is -0.335 e. The van der Waals surface area contributed by atoms with Crippen LogP contribution >= 0.6 is 27.3 Å². The van der Waals surface area contributed by atoms with Gasteiger partial charge < -0.3 is 4.57 Å².